The average molecular weight is 764 g/mol. The van der Waals surface area contributed by atoms with Gasteiger partial charge in [-0.2, -0.15) is 0 Å². The minimum absolute atomic E-state index is 0.112. The highest BCUT2D eigenvalue weighted by atomic mass is 32.5. The van der Waals surface area contributed by atoms with Crippen molar-refractivity contribution in [3.63, 3.8) is 0 Å². The van der Waals surface area contributed by atoms with E-state index in [1.165, 1.54) is 122 Å². The number of methoxy groups -OCH3 is 1. The molecule has 0 spiro atoms. The van der Waals surface area contributed by atoms with Crippen LogP contribution in [0, 0.1) is 0 Å². The van der Waals surface area contributed by atoms with Gasteiger partial charge in [-0.3, -0.25) is 9.32 Å². The summed E-state index contributed by atoms with van der Waals surface area (Å²) < 4.78 is 29.9. The lowest BCUT2D eigenvalue weighted by Crippen LogP contribution is -2.39. The standard InChI is InChI=1S/C41H82NO7PS/c1-9-10-11-12-13-14-15-16-17-18-19-20-21-22-23-24-25-26-27-28-29-32-37(43)42-33-30-31-35-38(45-8)39(36(47-35)34-46-40(2,3)4)48-50(44,51)49-41(5,6)7/h35-36,38-39H,9-34H2,1-8H3,(H,42,43)(H,44,51)/t35-,36+,38-,39+,50?/m0/s1. The molecule has 1 saturated heterocycles. The van der Waals surface area contributed by atoms with Gasteiger partial charge in [0.2, 0.25) is 5.91 Å². The predicted molar refractivity (Wildman–Crippen MR) is 217 cm³/mol. The summed E-state index contributed by atoms with van der Waals surface area (Å²) in [5, 5.41) is 3.07. The number of hydrogen-bond donors (Lipinski definition) is 2. The maximum absolute atomic E-state index is 12.5. The molecule has 1 rings (SSSR count). The molecule has 51 heavy (non-hydrogen) atoms. The van der Waals surface area contributed by atoms with E-state index in [0.717, 1.165) is 19.3 Å². The normalized spacial score (nSPS) is 20.9. The number of carbonyl (C=O) groups is 1. The summed E-state index contributed by atoms with van der Waals surface area (Å²) in [6.07, 6.45) is 28.7. The van der Waals surface area contributed by atoms with Gasteiger partial charge in [-0.25, -0.2) is 0 Å². The van der Waals surface area contributed by atoms with Gasteiger partial charge in [0.05, 0.1) is 23.9 Å². The van der Waals surface area contributed by atoms with Crippen molar-refractivity contribution in [1.82, 2.24) is 5.32 Å². The molecule has 0 aromatic carbocycles. The van der Waals surface area contributed by atoms with Gasteiger partial charge in [-0.1, -0.05) is 135 Å². The molecule has 1 aliphatic heterocycles. The Bertz CT molecular complexity index is 909. The summed E-state index contributed by atoms with van der Waals surface area (Å²) >= 11 is 5.35. The smallest absolute Gasteiger partial charge is 0.325 e. The van der Waals surface area contributed by atoms with E-state index < -0.39 is 30.6 Å². The van der Waals surface area contributed by atoms with Crippen molar-refractivity contribution in [2.45, 2.75) is 238 Å². The zero-order chi connectivity index (χ0) is 38.0. The van der Waals surface area contributed by atoms with E-state index in [4.69, 9.17) is 35.1 Å². The molecular weight excluding hydrogens is 681 g/mol. The molecule has 5 atom stereocenters. The second-order valence-corrected chi connectivity index (χ2v) is 19.6. The zero-order valence-electron chi connectivity index (χ0n) is 34.4. The van der Waals surface area contributed by atoms with Gasteiger partial charge in [0.25, 0.3) is 0 Å². The minimum Gasteiger partial charge on any atom is -0.376 e. The highest BCUT2D eigenvalue weighted by Gasteiger charge is 2.48. The van der Waals surface area contributed by atoms with Crippen molar-refractivity contribution in [3.05, 3.63) is 0 Å². The van der Waals surface area contributed by atoms with Crippen LogP contribution >= 0.6 is 6.72 Å². The molecule has 0 radical (unpaired) electrons. The van der Waals surface area contributed by atoms with E-state index in [-0.39, 0.29) is 24.2 Å². The van der Waals surface area contributed by atoms with E-state index in [1.807, 2.05) is 41.5 Å². The van der Waals surface area contributed by atoms with Crippen LogP contribution < -0.4 is 5.32 Å². The van der Waals surface area contributed by atoms with Crippen LogP contribution in [0.2, 0.25) is 0 Å². The molecule has 304 valence electrons. The molecule has 0 aromatic heterocycles. The number of nitrogens with one attached hydrogen (secondary N) is 1. The van der Waals surface area contributed by atoms with Gasteiger partial charge < -0.3 is 28.9 Å². The van der Waals surface area contributed by atoms with Crippen molar-refractivity contribution >= 4 is 24.4 Å². The SMILES string of the molecule is CCCCCCCCCCCCCCCCCCCCCCCC(=O)NCCC[C@@H]1O[C@H](COC(C)(C)C)[C@@H](OP(O)(=S)OC(C)(C)C)[C@H]1OC. The van der Waals surface area contributed by atoms with Gasteiger partial charge in [0, 0.05) is 20.1 Å². The third kappa shape index (κ3) is 27.2. The largest absolute Gasteiger partial charge is 0.376 e. The molecule has 0 saturated carbocycles. The van der Waals surface area contributed by atoms with Gasteiger partial charge in [0.1, 0.15) is 18.3 Å². The van der Waals surface area contributed by atoms with Crippen LogP contribution in [0.5, 0.6) is 0 Å². The topological polar surface area (TPSA) is 95.5 Å². The molecule has 1 aliphatic rings. The van der Waals surface area contributed by atoms with E-state index >= 15 is 0 Å². The molecule has 0 aromatic rings. The third-order valence-electron chi connectivity index (χ3n) is 9.50. The van der Waals surface area contributed by atoms with Crippen molar-refractivity contribution in [3.8, 4) is 0 Å². The summed E-state index contributed by atoms with van der Waals surface area (Å²) in [5.41, 5.74) is -1.03. The summed E-state index contributed by atoms with van der Waals surface area (Å²) in [4.78, 5) is 23.3. The number of rotatable bonds is 32. The van der Waals surface area contributed by atoms with Gasteiger partial charge >= 0.3 is 6.72 Å². The monoisotopic (exact) mass is 764 g/mol. The maximum Gasteiger partial charge on any atom is 0.325 e. The predicted octanol–water partition coefficient (Wildman–Crippen LogP) is 11.5. The Morgan fingerprint density at radius 1 is 0.686 bits per heavy atom. The molecule has 8 nitrogen and oxygen atoms in total. The molecule has 2 N–H and O–H groups in total. The Kier molecular flexibility index (Phi) is 27.1. The first-order chi connectivity index (χ1) is 24.2. The molecule has 1 heterocycles. The lowest BCUT2D eigenvalue weighted by Gasteiger charge is -2.31. The van der Waals surface area contributed by atoms with Gasteiger partial charge in [-0.15, -0.1) is 0 Å². The molecule has 10 heteroatoms. The first-order valence-corrected chi connectivity index (χ1v) is 23.6. The van der Waals surface area contributed by atoms with Crippen molar-refractivity contribution in [2.75, 3.05) is 20.3 Å². The molecule has 1 fully saturated rings. The number of carbonyl (C=O) groups excluding carboxylic acids is 1. The summed E-state index contributed by atoms with van der Waals surface area (Å²) in [6.45, 7) is 11.0. The first kappa shape index (κ1) is 48.9. The maximum atomic E-state index is 12.5. The van der Waals surface area contributed by atoms with Crippen LogP contribution in [-0.4, -0.2) is 66.7 Å². The molecule has 1 unspecified atom stereocenters. The Balaban J connectivity index is 2.13. The van der Waals surface area contributed by atoms with Crippen LogP contribution in [-0.2, 0) is 39.9 Å². The number of hydrogen-bond acceptors (Lipinski definition) is 7. The van der Waals surface area contributed by atoms with Gasteiger partial charge in [-0.05, 0) is 72.6 Å². The molecular formula is C41H82NO7PS. The van der Waals surface area contributed by atoms with Crippen molar-refractivity contribution in [1.29, 1.82) is 0 Å². The van der Waals surface area contributed by atoms with E-state index in [9.17, 15) is 9.69 Å². The number of ether oxygens (including phenoxy) is 3. The number of unbranched alkanes of at least 4 members (excludes halogenated alkanes) is 20. The lowest BCUT2D eigenvalue weighted by molar-refractivity contribution is -0.121. The summed E-state index contributed by atoms with van der Waals surface area (Å²) in [7, 11) is 1.61. The fraction of sp³-hybridized carbons (Fsp3) is 0.976. The van der Waals surface area contributed by atoms with E-state index in [0.29, 0.717) is 19.4 Å². The highest BCUT2D eigenvalue weighted by molar-refractivity contribution is 8.07. The van der Waals surface area contributed by atoms with Crippen LogP contribution in [0.15, 0.2) is 0 Å². The number of amides is 1. The summed E-state index contributed by atoms with van der Waals surface area (Å²) in [5.74, 6) is 0.112. The van der Waals surface area contributed by atoms with Crippen LogP contribution in [0.4, 0.5) is 0 Å². The average Bonchev–Trinajstić information content (AvgIpc) is 3.36. The minimum atomic E-state index is -3.56. The van der Waals surface area contributed by atoms with Crippen LogP contribution in [0.25, 0.3) is 0 Å². The van der Waals surface area contributed by atoms with Crippen molar-refractivity contribution < 1.29 is 32.9 Å². The Hall–Kier alpha value is -0.120. The third-order valence-corrected chi connectivity index (χ3v) is 11.3. The Labute approximate surface area is 320 Å². The van der Waals surface area contributed by atoms with Crippen LogP contribution in [0.3, 0.4) is 0 Å². The van der Waals surface area contributed by atoms with Crippen LogP contribution in [0.1, 0.15) is 203 Å². The van der Waals surface area contributed by atoms with E-state index in [2.05, 4.69) is 12.2 Å². The fourth-order valence-electron chi connectivity index (χ4n) is 6.77. The Morgan fingerprint density at radius 3 is 1.55 bits per heavy atom. The second kappa shape index (κ2) is 28.3. The highest BCUT2D eigenvalue weighted by Crippen LogP contribution is 2.51. The first-order valence-electron chi connectivity index (χ1n) is 21.0. The molecule has 0 bridgehead atoms. The molecule has 1 amide bonds. The van der Waals surface area contributed by atoms with E-state index in [1.54, 1.807) is 7.11 Å². The fourth-order valence-corrected chi connectivity index (χ4v) is 9.04. The van der Waals surface area contributed by atoms with Gasteiger partial charge in [0.15, 0.2) is 0 Å². The van der Waals surface area contributed by atoms with Crippen molar-refractivity contribution in [2.24, 2.45) is 0 Å². The lowest BCUT2D eigenvalue weighted by atomic mass is 10.0. The quantitative estimate of drug-likeness (QED) is 0.0516. The second-order valence-electron chi connectivity index (χ2n) is 16.9. The summed E-state index contributed by atoms with van der Waals surface area (Å²) in [6, 6.07) is 0. The Morgan fingerprint density at radius 2 is 1.14 bits per heavy atom. The molecule has 0 aliphatic carbocycles. The zero-order valence-corrected chi connectivity index (χ0v) is 36.2.